The minimum atomic E-state index is -1.15. The number of carbonyl (C=O) groups excluding carboxylic acids is 1. The van der Waals surface area contributed by atoms with Crippen molar-refractivity contribution in [1.29, 1.82) is 0 Å². The molecule has 28 heavy (non-hydrogen) atoms. The molecule has 1 aliphatic rings. The van der Waals surface area contributed by atoms with Crippen LogP contribution < -0.4 is 14.2 Å². The highest BCUT2D eigenvalue weighted by atomic mass is 35.5. The predicted molar refractivity (Wildman–Crippen MR) is 108 cm³/mol. The van der Waals surface area contributed by atoms with Gasteiger partial charge in [0.15, 0.2) is 0 Å². The second kappa shape index (κ2) is 8.15. The predicted octanol–water partition coefficient (Wildman–Crippen LogP) is 4.22. The van der Waals surface area contributed by atoms with E-state index in [2.05, 4.69) is 0 Å². The summed E-state index contributed by atoms with van der Waals surface area (Å²) < 4.78 is 22.1. The fourth-order valence-corrected chi connectivity index (χ4v) is 4.05. The number of esters is 1. The minimum Gasteiger partial charge on any atom is -0.496 e. The first-order valence-electron chi connectivity index (χ1n) is 8.93. The van der Waals surface area contributed by atoms with Gasteiger partial charge in [0.25, 0.3) is 0 Å². The SMILES string of the molecule is CCOC(=O)C1(c2c(OC)cc(OC)cc2OC)C(CCl)=C1c1ccccc1. The number of alkyl halides is 1. The van der Waals surface area contributed by atoms with Crippen LogP contribution in [0.5, 0.6) is 17.2 Å². The van der Waals surface area contributed by atoms with Gasteiger partial charge in [-0.1, -0.05) is 30.3 Å². The first-order valence-corrected chi connectivity index (χ1v) is 9.46. The Morgan fingerprint density at radius 3 is 2.07 bits per heavy atom. The van der Waals surface area contributed by atoms with Crippen molar-refractivity contribution < 1.29 is 23.7 Å². The zero-order valence-corrected chi connectivity index (χ0v) is 17.1. The molecule has 0 saturated carbocycles. The average Bonchev–Trinajstić information content (AvgIpc) is 3.43. The van der Waals surface area contributed by atoms with Crippen LogP contribution in [-0.2, 0) is 14.9 Å². The quantitative estimate of drug-likeness (QED) is 0.488. The maximum atomic E-state index is 13.3. The van der Waals surface area contributed by atoms with E-state index in [1.165, 1.54) is 0 Å². The highest BCUT2D eigenvalue weighted by Gasteiger charge is 2.64. The number of benzene rings is 2. The van der Waals surface area contributed by atoms with Crippen LogP contribution >= 0.6 is 11.6 Å². The molecule has 1 unspecified atom stereocenters. The number of rotatable bonds is 8. The summed E-state index contributed by atoms with van der Waals surface area (Å²) in [7, 11) is 4.65. The zero-order valence-electron chi connectivity index (χ0n) is 16.4. The molecule has 2 aromatic carbocycles. The van der Waals surface area contributed by atoms with E-state index >= 15 is 0 Å². The molecule has 0 saturated heterocycles. The Morgan fingerprint density at radius 2 is 1.61 bits per heavy atom. The molecule has 148 valence electrons. The third-order valence-corrected chi connectivity index (χ3v) is 5.20. The molecule has 1 atom stereocenters. The molecular weight excluding hydrogens is 380 g/mol. The lowest BCUT2D eigenvalue weighted by Gasteiger charge is -2.24. The normalized spacial score (nSPS) is 17.9. The summed E-state index contributed by atoms with van der Waals surface area (Å²) in [5.74, 6) is 1.29. The molecule has 0 bridgehead atoms. The molecule has 1 aliphatic carbocycles. The molecule has 2 aromatic rings. The van der Waals surface area contributed by atoms with Crippen LogP contribution in [0.2, 0.25) is 0 Å². The van der Waals surface area contributed by atoms with E-state index < -0.39 is 11.4 Å². The maximum Gasteiger partial charge on any atom is 0.325 e. The molecule has 0 aliphatic heterocycles. The lowest BCUT2D eigenvalue weighted by atomic mass is 9.84. The topological polar surface area (TPSA) is 54.0 Å². The van der Waals surface area contributed by atoms with Gasteiger partial charge < -0.3 is 18.9 Å². The van der Waals surface area contributed by atoms with Crippen LogP contribution in [0.25, 0.3) is 5.57 Å². The van der Waals surface area contributed by atoms with Gasteiger partial charge >= 0.3 is 5.97 Å². The van der Waals surface area contributed by atoms with Gasteiger partial charge in [-0.05, 0) is 23.6 Å². The van der Waals surface area contributed by atoms with Crippen molar-refractivity contribution in [2.45, 2.75) is 12.3 Å². The number of ether oxygens (including phenoxy) is 4. The molecular formula is C22H23ClO5. The first-order chi connectivity index (χ1) is 13.6. The molecule has 0 aromatic heterocycles. The smallest absolute Gasteiger partial charge is 0.325 e. The summed E-state index contributed by atoms with van der Waals surface area (Å²) in [6.45, 7) is 2.03. The average molecular weight is 403 g/mol. The Balaban J connectivity index is 2.29. The second-order valence-corrected chi connectivity index (χ2v) is 6.50. The highest BCUT2D eigenvalue weighted by Crippen LogP contribution is 2.64. The second-order valence-electron chi connectivity index (χ2n) is 6.23. The number of halogens is 1. The van der Waals surface area contributed by atoms with Gasteiger partial charge in [0.05, 0.1) is 33.5 Å². The minimum absolute atomic E-state index is 0.182. The Hall–Kier alpha value is -2.66. The van der Waals surface area contributed by atoms with Gasteiger partial charge in [0, 0.05) is 18.0 Å². The molecule has 0 fully saturated rings. The first kappa shape index (κ1) is 20.1. The van der Waals surface area contributed by atoms with Gasteiger partial charge in [0.1, 0.15) is 22.7 Å². The van der Waals surface area contributed by atoms with Crippen molar-refractivity contribution >= 4 is 23.1 Å². The van der Waals surface area contributed by atoms with Crippen LogP contribution in [0.15, 0.2) is 48.0 Å². The Labute approximate surface area is 169 Å². The third kappa shape index (κ3) is 3.00. The van der Waals surface area contributed by atoms with Crippen molar-refractivity contribution in [2.75, 3.05) is 33.8 Å². The van der Waals surface area contributed by atoms with E-state index in [1.54, 1.807) is 40.4 Å². The number of carbonyl (C=O) groups is 1. The van der Waals surface area contributed by atoms with Crippen LogP contribution in [0, 0.1) is 0 Å². The summed E-state index contributed by atoms with van der Waals surface area (Å²) in [6.07, 6.45) is 0. The van der Waals surface area contributed by atoms with Gasteiger partial charge in [-0.2, -0.15) is 0 Å². The molecule has 0 spiro atoms. The van der Waals surface area contributed by atoms with Crippen LogP contribution in [0.3, 0.4) is 0 Å². The van der Waals surface area contributed by atoms with Crippen molar-refractivity contribution in [3.05, 3.63) is 59.2 Å². The number of methoxy groups -OCH3 is 3. The van der Waals surface area contributed by atoms with Crippen molar-refractivity contribution in [2.24, 2.45) is 0 Å². The third-order valence-electron chi connectivity index (χ3n) is 4.93. The molecule has 3 rings (SSSR count). The Bertz CT molecular complexity index is 881. The standard InChI is InChI=1S/C22H23ClO5/c1-5-28-21(24)22(16(13-23)19(22)14-9-7-6-8-10-14)20-17(26-3)11-15(25-2)12-18(20)27-4/h6-12H,5,13H2,1-4H3. The van der Waals surface area contributed by atoms with E-state index in [-0.39, 0.29) is 12.5 Å². The number of hydrogen-bond donors (Lipinski definition) is 0. The molecule has 0 N–H and O–H groups in total. The molecule has 0 amide bonds. The Kier molecular flexibility index (Phi) is 5.84. The van der Waals surface area contributed by atoms with Gasteiger partial charge in [-0.15, -0.1) is 11.6 Å². The molecule has 0 radical (unpaired) electrons. The number of hydrogen-bond acceptors (Lipinski definition) is 5. The monoisotopic (exact) mass is 402 g/mol. The largest absolute Gasteiger partial charge is 0.496 e. The summed E-state index contributed by atoms with van der Waals surface area (Å²) in [5, 5.41) is 0. The van der Waals surface area contributed by atoms with Gasteiger partial charge in [-0.3, -0.25) is 4.79 Å². The summed E-state index contributed by atoms with van der Waals surface area (Å²) in [6, 6.07) is 13.1. The molecule has 0 heterocycles. The van der Waals surface area contributed by atoms with Crippen molar-refractivity contribution in [3.63, 3.8) is 0 Å². The van der Waals surface area contributed by atoms with E-state index in [4.69, 9.17) is 30.5 Å². The van der Waals surface area contributed by atoms with Crippen LogP contribution in [0.1, 0.15) is 18.1 Å². The van der Waals surface area contributed by atoms with Crippen LogP contribution in [0.4, 0.5) is 0 Å². The van der Waals surface area contributed by atoms with Crippen molar-refractivity contribution in [3.8, 4) is 17.2 Å². The van der Waals surface area contributed by atoms with E-state index in [1.807, 2.05) is 30.3 Å². The summed E-state index contributed by atoms with van der Waals surface area (Å²) in [5.41, 5.74) is 1.93. The summed E-state index contributed by atoms with van der Waals surface area (Å²) in [4.78, 5) is 13.3. The fraction of sp³-hybridized carbons (Fsp3) is 0.318. The fourth-order valence-electron chi connectivity index (χ4n) is 3.71. The lowest BCUT2D eigenvalue weighted by molar-refractivity contribution is -0.145. The van der Waals surface area contributed by atoms with Gasteiger partial charge in [-0.25, -0.2) is 0 Å². The summed E-state index contributed by atoms with van der Waals surface area (Å²) >= 11 is 6.30. The van der Waals surface area contributed by atoms with E-state index in [0.717, 1.165) is 16.7 Å². The highest BCUT2D eigenvalue weighted by molar-refractivity contribution is 6.26. The van der Waals surface area contributed by atoms with Gasteiger partial charge in [0.2, 0.25) is 0 Å². The molecule has 5 nitrogen and oxygen atoms in total. The van der Waals surface area contributed by atoms with E-state index in [0.29, 0.717) is 22.8 Å². The Morgan fingerprint density at radius 1 is 1.00 bits per heavy atom. The maximum absolute atomic E-state index is 13.3. The molecule has 6 heteroatoms. The van der Waals surface area contributed by atoms with E-state index in [9.17, 15) is 4.79 Å². The van der Waals surface area contributed by atoms with Crippen LogP contribution in [-0.4, -0.2) is 39.8 Å². The van der Waals surface area contributed by atoms with Crippen molar-refractivity contribution in [1.82, 2.24) is 0 Å². The zero-order chi connectivity index (χ0) is 20.3. The lowest BCUT2D eigenvalue weighted by Crippen LogP contribution is -2.30.